The summed E-state index contributed by atoms with van der Waals surface area (Å²) in [6.45, 7) is 5.93. The molecule has 0 aliphatic rings. The molecular weight excluding hydrogens is 702 g/mol. The molecule has 0 aliphatic carbocycles. The maximum Gasteiger partial charge on any atom is 0.287 e. The number of benzene rings is 2. The molecule has 13 heteroatoms. The van der Waals surface area contributed by atoms with Crippen LogP contribution in [0.1, 0.15) is 31.9 Å². The van der Waals surface area contributed by atoms with Crippen molar-refractivity contribution in [3.63, 3.8) is 0 Å². The predicted molar refractivity (Wildman–Crippen MR) is 137 cm³/mol. The van der Waals surface area contributed by atoms with Crippen molar-refractivity contribution in [1.82, 2.24) is 0 Å². The Morgan fingerprint density at radius 3 is 1.70 bits per heavy atom. The van der Waals surface area contributed by atoms with Crippen LogP contribution in [0.25, 0.3) is 0 Å². The molecule has 33 heavy (non-hydrogen) atoms. The molecule has 0 saturated heterocycles. The topological polar surface area (TPSA) is 137 Å². The van der Waals surface area contributed by atoms with Crippen molar-refractivity contribution in [2.24, 2.45) is 0 Å². The Labute approximate surface area is 224 Å². The molecular formula is C20H20Br4F2N4O3. The van der Waals surface area contributed by atoms with Crippen LogP contribution in [-0.2, 0) is 12.8 Å². The third-order valence-corrected chi connectivity index (χ3v) is 7.70. The number of halogens is 6. The summed E-state index contributed by atoms with van der Waals surface area (Å²) in [5.74, 6) is -1.23. The number of hydrogen-bond acceptors (Lipinski definition) is 6. The Morgan fingerprint density at radius 1 is 0.970 bits per heavy atom. The van der Waals surface area contributed by atoms with E-state index in [2.05, 4.69) is 63.7 Å². The van der Waals surface area contributed by atoms with Gasteiger partial charge >= 0.3 is 0 Å². The molecule has 0 bridgehead atoms. The van der Waals surface area contributed by atoms with Crippen molar-refractivity contribution < 1.29 is 18.8 Å². The number of nitrogens with zero attached hydrogens (tertiary/aromatic N) is 3. The summed E-state index contributed by atoms with van der Waals surface area (Å²) in [5.41, 5.74) is 5.85. The van der Waals surface area contributed by atoms with Gasteiger partial charge in [-0.15, -0.1) is 0 Å². The number of aliphatic hydroxyl groups excluding tert-OH is 1. The highest BCUT2D eigenvalue weighted by atomic mass is 79.9. The molecule has 0 radical (unpaired) electrons. The maximum atomic E-state index is 13.3. The molecule has 2 aromatic rings. The fraction of sp³-hybridized carbons (Fsp3) is 0.300. The average Bonchev–Trinajstić information content (AvgIpc) is 2.77. The zero-order valence-corrected chi connectivity index (χ0v) is 24.1. The molecule has 0 spiro atoms. The highest BCUT2D eigenvalue weighted by Crippen LogP contribution is 2.37. The van der Waals surface area contributed by atoms with E-state index in [1.54, 1.807) is 13.0 Å². The molecule has 7 nitrogen and oxygen atoms in total. The van der Waals surface area contributed by atoms with Crippen LogP contribution in [0.3, 0.4) is 0 Å². The fourth-order valence-electron chi connectivity index (χ4n) is 1.89. The van der Waals surface area contributed by atoms with E-state index in [1.807, 2.05) is 19.9 Å². The molecule has 2 rings (SSSR count). The minimum atomic E-state index is -0.765. The number of nitro benzene ring substituents is 1. The van der Waals surface area contributed by atoms with Gasteiger partial charge in [0.05, 0.1) is 40.4 Å². The van der Waals surface area contributed by atoms with Crippen LogP contribution in [0, 0.1) is 44.4 Å². The zero-order chi connectivity index (χ0) is 26.3. The average molecular weight is 722 g/mol. The first-order chi connectivity index (χ1) is 15.5. The van der Waals surface area contributed by atoms with Gasteiger partial charge in [0.25, 0.3) is 5.69 Å². The van der Waals surface area contributed by atoms with Gasteiger partial charge in [-0.2, -0.15) is 10.5 Å². The normalized spacial score (nSPS) is 8.97. The number of nitrogen functional groups attached to an aromatic ring is 1. The Bertz CT molecular complexity index is 1040. The lowest BCUT2D eigenvalue weighted by atomic mass is 10.1. The van der Waals surface area contributed by atoms with Gasteiger partial charge in [-0.1, -0.05) is 13.8 Å². The molecule has 0 atom stereocenters. The number of anilines is 1. The summed E-state index contributed by atoms with van der Waals surface area (Å²) in [6, 6.07) is 5.65. The smallest absolute Gasteiger partial charge is 0.287 e. The summed E-state index contributed by atoms with van der Waals surface area (Å²) < 4.78 is 28.0. The van der Waals surface area contributed by atoms with Gasteiger partial charge in [0, 0.05) is 32.4 Å². The third kappa shape index (κ3) is 10.4. The summed E-state index contributed by atoms with van der Waals surface area (Å²) in [7, 11) is 0. The summed E-state index contributed by atoms with van der Waals surface area (Å²) in [5, 5.41) is 35.0. The minimum absolute atomic E-state index is 0.0191. The number of nitriles is 2. The lowest BCUT2D eigenvalue weighted by Gasteiger charge is -2.06. The predicted octanol–water partition coefficient (Wildman–Crippen LogP) is 7.35. The maximum absolute atomic E-state index is 13.3. The fourth-order valence-corrected chi connectivity index (χ4v) is 3.83. The van der Waals surface area contributed by atoms with E-state index < -0.39 is 16.6 Å². The van der Waals surface area contributed by atoms with Gasteiger partial charge in [0.2, 0.25) is 0 Å². The standard InChI is InChI=1S/C8H3Br2FN2O2.C8H5Br2FN2.C2H6O.C2H6/c9-7-4(1-2-12)5(11)3-6(8(7)10)13(14)15;9-7-4(1-2-12)5(11)3-6(13)8(7)10;1-2-3;1-2/h3H,1H2;3H,1,13H2;3H,2H2,1H3;1-2H3. The van der Waals surface area contributed by atoms with Gasteiger partial charge < -0.3 is 10.8 Å². The number of aliphatic hydroxyl groups is 1. The highest BCUT2D eigenvalue weighted by molar-refractivity contribution is 9.13. The van der Waals surface area contributed by atoms with E-state index in [0.29, 0.717) is 20.2 Å². The summed E-state index contributed by atoms with van der Waals surface area (Å²) in [6.07, 6.45) is -0.131. The van der Waals surface area contributed by atoms with Gasteiger partial charge in [0.15, 0.2) is 0 Å². The third-order valence-electron chi connectivity index (χ3n) is 3.22. The first kappa shape index (κ1) is 33.5. The van der Waals surface area contributed by atoms with Gasteiger partial charge in [-0.25, -0.2) is 8.78 Å². The lowest BCUT2D eigenvalue weighted by molar-refractivity contribution is -0.385. The highest BCUT2D eigenvalue weighted by Gasteiger charge is 2.21. The molecule has 2 aromatic carbocycles. The Balaban J connectivity index is 0. The largest absolute Gasteiger partial charge is 0.398 e. The lowest BCUT2D eigenvalue weighted by Crippen LogP contribution is -1.97. The SMILES string of the molecule is CC.CCO.N#CCc1c(F)cc(N)c(Br)c1Br.N#CCc1c(F)cc([N+](=O)[O-])c(Br)c1Br. The Hall–Kier alpha value is -1.64. The summed E-state index contributed by atoms with van der Waals surface area (Å²) in [4.78, 5) is 9.82. The number of nitro groups is 1. The number of nitrogens with two attached hydrogens (primary N) is 1. The monoisotopic (exact) mass is 718 g/mol. The van der Waals surface area contributed by atoms with Gasteiger partial charge in [0.1, 0.15) is 16.1 Å². The van der Waals surface area contributed by atoms with E-state index in [4.69, 9.17) is 21.4 Å². The van der Waals surface area contributed by atoms with Crippen molar-refractivity contribution in [2.45, 2.75) is 33.6 Å². The van der Waals surface area contributed by atoms with Gasteiger partial charge in [-0.05, 0) is 76.7 Å². The second-order valence-electron chi connectivity index (χ2n) is 5.28. The number of hydrogen-bond donors (Lipinski definition) is 2. The first-order valence-electron chi connectivity index (χ1n) is 9.05. The first-order valence-corrected chi connectivity index (χ1v) is 12.2. The molecule has 0 saturated carbocycles. The van der Waals surface area contributed by atoms with Crippen LogP contribution in [-0.4, -0.2) is 16.6 Å². The van der Waals surface area contributed by atoms with E-state index in [0.717, 1.165) is 6.07 Å². The Kier molecular flexibility index (Phi) is 18.1. The molecule has 0 unspecified atom stereocenters. The van der Waals surface area contributed by atoms with Crippen LogP contribution in [0.5, 0.6) is 0 Å². The molecule has 3 N–H and O–H groups in total. The molecule has 0 aliphatic heterocycles. The van der Waals surface area contributed by atoms with E-state index in [9.17, 15) is 18.9 Å². The van der Waals surface area contributed by atoms with Crippen molar-refractivity contribution in [3.05, 3.63) is 62.9 Å². The zero-order valence-electron chi connectivity index (χ0n) is 17.7. The van der Waals surface area contributed by atoms with Crippen molar-refractivity contribution >= 4 is 75.1 Å². The van der Waals surface area contributed by atoms with E-state index in [-0.39, 0.29) is 39.6 Å². The quantitative estimate of drug-likeness (QED) is 0.147. The van der Waals surface area contributed by atoms with E-state index in [1.165, 1.54) is 6.07 Å². The molecule has 0 fully saturated rings. The molecule has 0 amide bonds. The van der Waals surface area contributed by atoms with Crippen molar-refractivity contribution in [1.29, 1.82) is 10.5 Å². The molecule has 0 aromatic heterocycles. The van der Waals surface area contributed by atoms with Crippen LogP contribution < -0.4 is 5.73 Å². The summed E-state index contributed by atoms with van der Waals surface area (Å²) >= 11 is 12.3. The van der Waals surface area contributed by atoms with Crippen LogP contribution >= 0.6 is 63.7 Å². The number of rotatable bonds is 3. The van der Waals surface area contributed by atoms with Crippen LogP contribution in [0.4, 0.5) is 20.2 Å². The van der Waals surface area contributed by atoms with Crippen LogP contribution in [0.2, 0.25) is 0 Å². The van der Waals surface area contributed by atoms with Crippen LogP contribution in [0.15, 0.2) is 30.0 Å². The van der Waals surface area contributed by atoms with E-state index >= 15 is 0 Å². The van der Waals surface area contributed by atoms with Gasteiger partial charge in [-0.3, -0.25) is 10.1 Å². The molecule has 180 valence electrons. The second kappa shape index (κ2) is 17.8. The minimum Gasteiger partial charge on any atom is -0.398 e. The Morgan fingerprint density at radius 2 is 1.33 bits per heavy atom. The van der Waals surface area contributed by atoms with Crippen molar-refractivity contribution in [3.8, 4) is 12.1 Å². The second-order valence-corrected chi connectivity index (χ2v) is 8.45. The molecule has 0 heterocycles. The van der Waals surface area contributed by atoms with Crippen molar-refractivity contribution in [2.75, 3.05) is 12.3 Å².